The van der Waals surface area contributed by atoms with Crippen molar-refractivity contribution < 1.29 is 4.42 Å². The van der Waals surface area contributed by atoms with Gasteiger partial charge in [-0.15, -0.1) is 16.4 Å². The molecular weight excluding hydrogens is 510 g/mol. The first-order chi connectivity index (χ1) is 18.0. The summed E-state index contributed by atoms with van der Waals surface area (Å²) in [4.78, 5) is 32.0. The fourth-order valence-electron chi connectivity index (χ4n) is 4.05. The van der Waals surface area contributed by atoms with Crippen molar-refractivity contribution in [2.24, 2.45) is 4.99 Å². The average Bonchev–Trinajstić information content (AvgIpc) is 3.44. The van der Waals surface area contributed by atoms with Crippen LogP contribution in [0.15, 0.2) is 109 Å². The van der Waals surface area contributed by atoms with Crippen LogP contribution < -0.4 is 16.1 Å². The summed E-state index contributed by atoms with van der Waals surface area (Å²) in [5.41, 5.74) is 1.55. The van der Waals surface area contributed by atoms with Gasteiger partial charge in [0.15, 0.2) is 5.82 Å². The Balaban J connectivity index is 1.66. The highest BCUT2D eigenvalue weighted by molar-refractivity contribution is 7.07. The lowest BCUT2D eigenvalue weighted by Gasteiger charge is -2.10. The molecule has 0 aliphatic rings. The van der Waals surface area contributed by atoms with Crippen LogP contribution in [0.3, 0.4) is 0 Å². The van der Waals surface area contributed by atoms with Crippen molar-refractivity contribution in [1.82, 2.24) is 19.1 Å². The van der Waals surface area contributed by atoms with Gasteiger partial charge < -0.3 is 4.42 Å². The number of hydrogen-bond acceptors (Lipinski definition) is 6. The zero-order chi connectivity index (χ0) is 25.5. The summed E-state index contributed by atoms with van der Waals surface area (Å²) in [6.07, 6.45) is 0. The minimum absolute atomic E-state index is 0.297. The van der Waals surface area contributed by atoms with E-state index in [1.165, 1.54) is 20.7 Å². The molecule has 3 aromatic heterocycles. The second-order valence-corrected chi connectivity index (χ2v) is 9.45. The van der Waals surface area contributed by atoms with E-state index in [0.29, 0.717) is 43.9 Å². The maximum absolute atomic E-state index is 13.7. The van der Waals surface area contributed by atoms with Gasteiger partial charge in [-0.25, -0.2) is 19.3 Å². The summed E-state index contributed by atoms with van der Waals surface area (Å²) < 4.78 is 9.92. The predicted octanol–water partition coefficient (Wildman–Crippen LogP) is 5.18. The third kappa shape index (κ3) is 4.14. The molecule has 37 heavy (non-hydrogen) atoms. The van der Waals surface area contributed by atoms with E-state index < -0.39 is 11.3 Å². The van der Waals surface area contributed by atoms with Crippen LogP contribution in [0.1, 0.15) is 5.82 Å². The Hall–Kier alpha value is -4.47. The summed E-state index contributed by atoms with van der Waals surface area (Å²) in [5, 5.41) is 7.62. The SMILES string of the molecule is Cc1nn(-c2ccccc2)c(=O)n1-n1c(-c2cc3ccccc3oc2=O)csc1=Nc1ccc(Cl)cc1. The number of hydrogen-bond donors (Lipinski definition) is 0. The topological polar surface area (TPSA) is 87.3 Å². The maximum atomic E-state index is 13.7. The average molecular weight is 528 g/mol. The minimum Gasteiger partial charge on any atom is -0.422 e. The van der Waals surface area contributed by atoms with Gasteiger partial charge in [0.05, 0.1) is 22.6 Å². The summed E-state index contributed by atoms with van der Waals surface area (Å²) in [7, 11) is 0. The second kappa shape index (κ2) is 9.20. The molecule has 0 saturated carbocycles. The molecule has 0 aliphatic carbocycles. The van der Waals surface area contributed by atoms with Gasteiger partial charge in [-0.1, -0.05) is 48.0 Å². The van der Waals surface area contributed by atoms with Gasteiger partial charge in [0.2, 0.25) is 4.80 Å². The lowest BCUT2D eigenvalue weighted by Crippen LogP contribution is -2.35. The number of nitrogens with zero attached hydrogens (tertiary/aromatic N) is 5. The number of aromatic nitrogens is 4. The maximum Gasteiger partial charge on any atom is 0.370 e. The molecule has 3 heterocycles. The number of benzene rings is 3. The number of thiazole rings is 1. The van der Waals surface area contributed by atoms with E-state index in [9.17, 15) is 9.59 Å². The third-order valence-electron chi connectivity index (χ3n) is 5.77. The second-order valence-electron chi connectivity index (χ2n) is 8.18. The van der Waals surface area contributed by atoms with Gasteiger partial charge in [-0.2, -0.15) is 9.36 Å². The molecular formula is C27H18ClN5O3S. The monoisotopic (exact) mass is 527 g/mol. The number of para-hydroxylation sites is 2. The summed E-state index contributed by atoms with van der Waals surface area (Å²) in [5.74, 6) is 0.413. The zero-order valence-electron chi connectivity index (χ0n) is 19.4. The Morgan fingerprint density at radius 3 is 2.43 bits per heavy atom. The molecule has 0 aliphatic heterocycles. The van der Waals surface area contributed by atoms with Crippen molar-refractivity contribution in [3.8, 4) is 16.9 Å². The smallest absolute Gasteiger partial charge is 0.370 e. The van der Waals surface area contributed by atoms with Gasteiger partial charge in [0.25, 0.3) is 0 Å². The zero-order valence-corrected chi connectivity index (χ0v) is 21.0. The molecule has 0 N–H and O–H groups in total. The number of rotatable bonds is 4. The van der Waals surface area contributed by atoms with Gasteiger partial charge in [0, 0.05) is 15.8 Å². The molecule has 0 fully saturated rings. The first-order valence-electron chi connectivity index (χ1n) is 11.3. The van der Waals surface area contributed by atoms with Crippen LogP contribution in [0.5, 0.6) is 0 Å². The van der Waals surface area contributed by atoms with Crippen molar-refractivity contribution >= 4 is 39.6 Å². The molecule has 8 nitrogen and oxygen atoms in total. The molecule has 6 aromatic rings. The van der Waals surface area contributed by atoms with Crippen LogP contribution in [0.2, 0.25) is 5.02 Å². The molecule has 6 rings (SSSR count). The Morgan fingerprint density at radius 1 is 0.919 bits per heavy atom. The van der Waals surface area contributed by atoms with Gasteiger partial charge >= 0.3 is 11.3 Å². The largest absolute Gasteiger partial charge is 0.422 e. The van der Waals surface area contributed by atoms with Crippen molar-refractivity contribution in [1.29, 1.82) is 0 Å². The fraction of sp³-hybridized carbons (Fsp3) is 0.0370. The lowest BCUT2D eigenvalue weighted by molar-refractivity contribution is 0.557. The van der Waals surface area contributed by atoms with Gasteiger partial charge in [-0.05, 0) is 55.5 Å². The standard InChI is InChI=1S/C27H18ClN5O3S/c1-17-30-31(21-8-3-2-4-9-21)27(35)32(17)33-23(16-37-26(33)29-20-13-11-19(28)12-14-20)22-15-18-7-5-6-10-24(18)36-25(22)34/h2-16H,1H3. The van der Waals surface area contributed by atoms with Crippen molar-refractivity contribution in [3.63, 3.8) is 0 Å². The summed E-state index contributed by atoms with van der Waals surface area (Å²) >= 11 is 7.34. The van der Waals surface area contributed by atoms with Crippen LogP contribution >= 0.6 is 22.9 Å². The molecule has 0 spiro atoms. The normalized spacial score (nSPS) is 11.9. The van der Waals surface area contributed by atoms with E-state index in [0.717, 1.165) is 5.39 Å². The Morgan fingerprint density at radius 2 is 1.65 bits per heavy atom. The van der Waals surface area contributed by atoms with Crippen molar-refractivity contribution in [2.45, 2.75) is 6.92 Å². The highest BCUT2D eigenvalue weighted by atomic mass is 35.5. The van der Waals surface area contributed by atoms with Crippen molar-refractivity contribution in [3.05, 3.63) is 127 Å². The number of aryl methyl sites for hydroxylation is 1. The van der Waals surface area contributed by atoms with E-state index in [2.05, 4.69) is 5.10 Å². The van der Waals surface area contributed by atoms with E-state index in [4.69, 9.17) is 21.0 Å². The van der Waals surface area contributed by atoms with Crippen LogP contribution in [0.4, 0.5) is 5.69 Å². The van der Waals surface area contributed by atoms with E-state index in [1.807, 2.05) is 30.3 Å². The molecule has 0 atom stereocenters. The van der Waals surface area contributed by atoms with Crippen LogP contribution in [-0.2, 0) is 0 Å². The number of halogens is 1. The molecule has 182 valence electrons. The lowest BCUT2D eigenvalue weighted by atomic mass is 10.1. The molecule has 0 amide bonds. The van der Waals surface area contributed by atoms with Crippen LogP contribution in [0.25, 0.3) is 27.9 Å². The van der Waals surface area contributed by atoms with Crippen molar-refractivity contribution in [2.75, 3.05) is 0 Å². The molecule has 0 unspecified atom stereocenters. The number of fused-ring (bicyclic) bond motifs is 1. The fourth-order valence-corrected chi connectivity index (χ4v) is 5.06. The van der Waals surface area contributed by atoms with Gasteiger partial charge in [-0.3, -0.25) is 0 Å². The quantitative estimate of drug-likeness (QED) is 0.296. The van der Waals surface area contributed by atoms with E-state index in [1.54, 1.807) is 71.6 Å². The summed E-state index contributed by atoms with van der Waals surface area (Å²) in [6.45, 7) is 1.73. The Bertz CT molecular complexity index is 1950. The van der Waals surface area contributed by atoms with Gasteiger partial charge in [0.1, 0.15) is 5.58 Å². The molecule has 10 heteroatoms. The minimum atomic E-state index is -0.524. The third-order valence-corrected chi connectivity index (χ3v) is 6.84. The highest BCUT2D eigenvalue weighted by Gasteiger charge is 2.21. The van der Waals surface area contributed by atoms with Crippen LogP contribution in [-0.4, -0.2) is 19.1 Å². The summed E-state index contributed by atoms with van der Waals surface area (Å²) in [6, 6.07) is 25.2. The Kier molecular flexibility index (Phi) is 5.71. The predicted molar refractivity (Wildman–Crippen MR) is 144 cm³/mol. The highest BCUT2D eigenvalue weighted by Crippen LogP contribution is 2.23. The van der Waals surface area contributed by atoms with Crippen LogP contribution in [0, 0.1) is 6.92 Å². The van der Waals surface area contributed by atoms with E-state index >= 15 is 0 Å². The Labute approximate surface area is 218 Å². The first-order valence-corrected chi connectivity index (χ1v) is 12.5. The molecule has 0 radical (unpaired) electrons. The van der Waals surface area contributed by atoms with E-state index in [-0.39, 0.29) is 0 Å². The molecule has 3 aromatic carbocycles. The molecule has 0 saturated heterocycles. The first kappa shape index (κ1) is 23.0. The molecule has 0 bridgehead atoms.